The van der Waals surface area contributed by atoms with E-state index in [-0.39, 0.29) is 12.2 Å². The maximum Gasteiger partial charge on any atom is 0.416 e. The Morgan fingerprint density at radius 3 is 2.27 bits per heavy atom. The van der Waals surface area contributed by atoms with Crippen LogP contribution in [0.1, 0.15) is 68.5 Å². The van der Waals surface area contributed by atoms with Crippen LogP contribution in [0, 0.1) is 0 Å². The highest BCUT2D eigenvalue weighted by Crippen LogP contribution is 2.39. The zero-order valence-electron chi connectivity index (χ0n) is 27.5. The van der Waals surface area contributed by atoms with Crippen LogP contribution >= 0.6 is 0 Å². The molecular weight excluding hydrogens is 639 g/mol. The molecule has 2 saturated heterocycles. The number of esters is 1. The Bertz CT molecular complexity index is 1710. The number of hydrogen-bond acceptors (Lipinski definition) is 6. The van der Waals surface area contributed by atoms with Gasteiger partial charge in [0.1, 0.15) is 24.3 Å². The Balaban J connectivity index is 1.50. The summed E-state index contributed by atoms with van der Waals surface area (Å²) in [5.74, 6) is -2.13. The number of benzene rings is 3. The Morgan fingerprint density at radius 1 is 0.980 bits per heavy atom. The van der Waals surface area contributed by atoms with Gasteiger partial charge in [-0.2, -0.15) is 13.2 Å². The molecule has 2 fully saturated rings. The number of hydrogen-bond donors (Lipinski definition) is 1. The molecule has 0 saturated carbocycles. The molecule has 3 aromatic rings. The molecule has 0 spiro atoms. The van der Waals surface area contributed by atoms with Crippen LogP contribution in [0.5, 0.6) is 0 Å². The largest absolute Gasteiger partial charge is 0.460 e. The lowest BCUT2D eigenvalue weighted by atomic mass is 9.87. The third kappa shape index (κ3) is 8.13. The van der Waals surface area contributed by atoms with Crippen LogP contribution in [0.15, 0.2) is 91.0 Å². The Morgan fingerprint density at radius 2 is 1.63 bits per heavy atom. The average molecular weight is 678 g/mol. The van der Waals surface area contributed by atoms with Crippen LogP contribution < -0.4 is 5.32 Å². The van der Waals surface area contributed by atoms with Crippen molar-refractivity contribution in [3.05, 3.63) is 113 Å². The molecule has 2 aliphatic rings. The maximum atomic E-state index is 14.2. The van der Waals surface area contributed by atoms with Crippen LogP contribution in [-0.2, 0) is 30.0 Å². The lowest BCUT2D eigenvalue weighted by Gasteiger charge is -2.52. The number of carbonyl (C=O) groups excluding carboxylic acids is 4. The second-order valence-corrected chi connectivity index (χ2v) is 13.0. The van der Waals surface area contributed by atoms with Crippen molar-refractivity contribution in [3.63, 3.8) is 0 Å². The van der Waals surface area contributed by atoms with E-state index in [2.05, 4.69) is 5.32 Å². The normalized spacial score (nSPS) is 20.8. The predicted octanol–water partition coefficient (Wildman–Crippen LogP) is 6.47. The maximum absolute atomic E-state index is 14.2. The van der Waals surface area contributed by atoms with Gasteiger partial charge in [-0.1, -0.05) is 84.9 Å². The van der Waals surface area contributed by atoms with Crippen molar-refractivity contribution < 1.29 is 41.8 Å². The number of β-lactam (4-membered cyclic amide) rings is 1. The number of ether oxygens (including phenoxy) is 2. The summed E-state index contributed by atoms with van der Waals surface area (Å²) in [7, 11) is 0. The summed E-state index contributed by atoms with van der Waals surface area (Å²) >= 11 is 0. The number of likely N-dealkylation sites (tertiary alicyclic amines) is 1. The number of cyclic esters (lactones) is 1. The van der Waals surface area contributed by atoms with Gasteiger partial charge in [0.2, 0.25) is 11.8 Å². The molecule has 258 valence electrons. The molecule has 1 N–H and O–H groups in total. The number of halogens is 3. The van der Waals surface area contributed by atoms with Gasteiger partial charge in [0.25, 0.3) is 0 Å². The van der Waals surface area contributed by atoms with Gasteiger partial charge in [-0.05, 0) is 56.5 Å². The van der Waals surface area contributed by atoms with Crippen molar-refractivity contribution in [1.29, 1.82) is 0 Å². The van der Waals surface area contributed by atoms with Crippen molar-refractivity contribution in [2.75, 3.05) is 6.61 Å². The fourth-order valence-electron chi connectivity index (χ4n) is 6.04. The fraction of sp³-hybridized carbons (Fsp3) is 0.351. The smallest absolute Gasteiger partial charge is 0.416 e. The van der Waals surface area contributed by atoms with Gasteiger partial charge in [-0.3, -0.25) is 19.3 Å². The van der Waals surface area contributed by atoms with E-state index in [1.165, 1.54) is 28.9 Å². The van der Waals surface area contributed by atoms with E-state index in [4.69, 9.17) is 9.47 Å². The number of nitrogens with one attached hydrogen (secondary N) is 1. The SMILES string of the molecule is C[C@@H](NC(=O)[C@@H](CC(=O)OC(C)(C)C)N1C(=O)[C@@H](N2C(=O)OC[C@@H]2c2ccccc2)[C@H]1C=Cc1ccccc1)c1cccc(C(F)(F)F)c1. The molecule has 49 heavy (non-hydrogen) atoms. The summed E-state index contributed by atoms with van der Waals surface area (Å²) < 4.78 is 51.2. The molecular formula is C37H38F3N3O6. The predicted molar refractivity (Wildman–Crippen MR) is 175 cm³/mol. The van der Waals surface area contributed by atoms with Crippen molar-refractivity contribution in [2.45, 2.75) is 76.1 Å². The van der Waals surface area contributed by atoms with E-state index in [1.54, 1.807) is 32.9 Å². The molecule has 9 nitrogen and oxygen atoms in total. The lowest BCUT2D eigenvalue weighted by Crippen LogP contribution is -2.74. The highest BCUT2D eigenvalue weighted by molar-refractivity contribution is 5.99. The quantitative estimate of drug-likeness (QED) is 0.195. The number of alkyl halides is 3. The first kappa shape index (κ1) is 35.2. The van der Waals surface area contributed by atoms with Crippen molar-refractivity contribution >= 4 is 30.0 Å². The third-order valence-electron chi connectivity index (χ3n) is 8.32. The molecule has 2 heterocycles. The van der Waals surface area contributed by atoms with Crippen molar-refractivity contribution in [2.24, 2.45) is 0 Å². The third-order valence-corrected chi connectivity index (χ3v) is 8.32. The van der Waals surface area contributed by atoms with Crippen LogP contribution in [0.2, 0.25) is 0 Å². The van der Waals surface area contributed by atoms with E-state index >= 15 is 0 Å². The molecule has 5 rings (SSSR count). The van der Waals surface area contributed by atoms with E-state index in [1.807, 2.05) is 60.7 Å². The number of rotatable bonds is 10. The standard InChI is InChI=1S/C37H38F3N3O6/c1-23(26-16-11-17-27(20-26)37(38,39)40)41-33(45)29(21-31(44)49-36(2,3)4)42-28(19-18-24-12-7-5-8-13-24)32(34(42)46)43-30(22-48-35(43)47)25-14-9-6-10-15-25/h5-20,23,28-30,32H,21-22H2,1-4H3,(H,41,45)/t23-,28-,29-,30-,32+/m1/s1. The Labute approximate surface area is 282 Å². The molecule has 0 bridgehead atoms. The fourth-order valence-corrected chi connectivity index (χ4v) is 6.04. The molecule has 5 atom stereocenters. The van der Waals surface area contributed by atoms with Crippen molar-refractivity contribution in [3.8, 4) is 0 Å². The van der Waals surface area contributed by atoms with Crippen LogP contribution in [-0.4, -0.2) is 64.0 Å². The summed E-state index contributed by atoms with van der Waals surface area (Å²) in [6.07, 6.45) is -2.38. The number of carbonyl (C=O) groups is 4. The average Bonchev–Trinajstić information content (AvgIpc) is 3.42. The minimum atomic E-state index is -4.59. The minimum absolute atomic E-state index is 0.0120. The summed E-state index contributed by atoms with van der Waals surface area (Å²) in [5, 5.41) is 2.70. The second-order valence-electron chi connectivity index (χ2n) is 13.0. The second kappa shape index (κ2) is 14.2. The number of nitrogens with zero attached hydrogens (tertiary/aromatic N) is 2. The van der Waals surface area contributed by atoms with Gasteiger partial charge in [0.15, 0.2) is 0 Å². The zero-order chi connectivity index (χ0) is 35.5. The molecule has 3 amide bonds. The topological polar surface area (TPSA) is 105 Å². The van der Waals surface area contributed by atoms with E-state index in [0.717, 1.165) is 23.3 Å². The highest BCUT2D eigenvalue weighted by Gasteiger charge is 2.58. The van der Waals surface area contributed by atoms with E-state index < -0.39 is 77.8 Å². The van der Waals surface area contributed by atoms with Gasteiger partial charge in [0, 0.05) is 0 Å². The zero-order valence-corrected chi connectivity index (χ0v) is 27.5. The summed E-state index contributed by atoms with van der Waals surface area (Å²) in [5.41, 5.74) is -0.0645. The van der Waals surface area contributed by atoms with Gasteiger partial charge in [-0.25, -0.2) is 4.79 Å². The Kier molecular flexibility index (Phi) is 10.2. The lowest BCUT2D eigenvalue weighted by molar-refractivity contribution is -0.168. The summed E-state index contributed by atoms with van der Waals surface area (Å²) in [4.78, 5) is 57.2. The Hall–Kier alpha value is -5.13. The highest BCUT2D eigenvalue weighted by atomic mass is 19.4. The van der Waals surface area contributed by atoms with E-state index in [0.29, 0.717) is 0 Å². The van der Waals surface area contributed by atoms with Crippen molar-refractivity contribution in [1.82, 2.24) is 15.1 Å². The number of amides is 3. The molecule has 12 heteroatoms. The van der Waals surface area contributed by atoms with Crippen LogP contribution in [0.3, 0.4) is 0 Å². The van der Waals surface area contributed by atoms with Crippen LogP contribution in [0.25, 0.3) is 6.08 Å². The molecule has 0 radical (unpaired) electrons. The van der Waals surface area contributed by atoms with E-state index in [9.17, 15) is 32.3 Å². The molecule has 0 unspecified atom stereocenters. The summed E-state index contributed by atoms with van der Waals surface area (Å²) in [6, 6.07) is 17.9. The van der Waals surface area contributed by atoms with Gasteiger partial charge < -0.3 is 19.7 Å². The molecule has 3 aromatic carbocycles. The monoisotopic (exact) mass is 677 g/mol. The minimum Gasteiger partial charge on any atom is -0.460 e. The first-order valence-corrected chi connectivity index (χ1v) is 15.9. The van der Waals surface area contributed by atoms with Gasteiger partial charge >= 0.3 is 18.2 Å². The molecule has 0 aliphatic carbocycles. The molecule has 0 aromatic heterocycles. The first-order chi connectivity index (χ1) is 23.1. The molecule has 2 aliphatic heterocycles. The van der Waals surface area contributed by atoms with Gasteiger partial charge in [0.05, 0.1) is 30.1 Å². The van der Waals surface area contributed by atoms with Crippen LogP contribution in [0.4, 0.5) is 18.0 Å². The first-order valence-electron chi connectivity index (χ1n) is 15.9. The summed E-state index contributed by atoms with van der Waals surface area (Å²) in [6.45, 7) is 6.51. The van der Waals surface area contributed by atoms with Gasteiger partial charge in [-0.15, -0.1) is 0 Å².